The van der Waals surface area contributed by atoms with E-state index < -0.39 is 0 Å². The van der Waals surface area contributed by atoms with Crippen molar-refractivity contribution in [1.82, 2.24) is 5.32 Å². The van der Waals surface area contributed by atoms with E-state index in [4.69, 9.17) is 0 Å². The number of nitrogens with one attached hydrogen (secondary N) is 2. The number of allylic oxidation sites excluding steroid dienone is 1. The molecule has 0 saturated carbocycles. The maximum absolute atomic E-state index is 12.5. The first-order chi connectivity index (χ1) is 12.7. The third-order valence-corrected chi connectivity index (χ3v) is 4.57. The number of hydrogen-bond donors (Lipinski definition) is 2. The Morgan fingerprint density at radius 2 is 1.65 bits per heavy atom. The van der Waals surface area contributed by atoms with Crippen molar-refractivity contribution in [1.29, 1.82) is 0 Å². The molecule has 2 aromatic rings. The van der Waals surface area contributed by atoms with Gasteiger partial charge in [-0.2, -0.15) is 0 Å². The van der Waals surface area contributed by atoms with Gasteiger partial charge in [-0.25, -0.2) is 0 Å². The maximum Gasteiger partial charge on any atom is 0.255 e. The van der Waals surface area contributed by atoms with Gasteiger partial charge in [0.25, 0.3) is 11.8 Å². The lowest BCUT2D eigenvalue weighted by Gasteiger charge is -2.14. The molecule has 0 heterocycles. The van der Waals surface area contributed by atoms with E-state index in [1.807, 2.05) is 24.3 Å². The highest BCUT2D eigenvalue weighted by molar-refractivity contribution is 6.08. The molecule has 1 aliphatic carbocycles. The third-order valence-electron chi connectivity index (χ3n) is 4.57. The Morgan fingerprint density at radius 3 is 2.42 bits per heavy atom. The molecule has 0 radical (unpaired) electrons. The molecule has 4 nitrogen and oxygen atoms in total. The van der Waals surface area contributed by atoms with Gasteiger partial charge in [0, 0.05) is 12.1 Å². The lowest BCUT2D eigenvalue weighted by atomic mass is 9.97. The highest BCUT2D eigenvalue weighted by Gasteiger charge is 2.14. The van der Waals surface area contributed by atoms with Gasteiger partial charge in [0.2, 0.25) is 0 Å². The monoisotopic (exact) mass is 348 g/mol. The summed E-state index contributed by atoms with van der Waals surface area (Å²) in [5.41, 5.74) is 3.00. The number of anilines is 1. The van der Waals surface area contributed by atoms with Crippen LogP contribution in [0.3, 0.4) is 0 Å². The summed E-state index contributed by atoms with van der Waals surface area (Å²) in [5, 5.41) is 5.80. The van der Waals surface area contributed by atoms with Crippen molar-refractivity contribution in [2.45, 2.75) is 32.1 Å². The van der Waals surface area contributed by atoms with E-state index in [2.05, 4.69) is 16.7 Å². The highest BCUT2D eigenvalue weighted by Crippen LogP contribution is 2.20. The van der Waals surface area contributed by atoms with Crippen LogP contribution in [0.4, 0.5) is 5.69 Å². The van der Waals surface area contributed by atoms with Crippen LogP contribution in [0, 0.1) is 0 Å². The van der Waals surface area contributed by atoms with E-state index in [-0.39, 0.29) is 11.8 Å². The molecule has 134 valence electrons. The summed E-state index contributed by atoms with van der Waals surface area (Å²) in [4.78, 5) is 24.9. The summed E-state index contributed by atoms with van der Waals surface area (Å²) < 4.78 is 0. The molecule has 0 fully saturated rings. The zero-order valence-corrected chi connectivity index (χ0v) is 14.8. The molecule has 2 N–H and O–H groups in total. The standard InChI is InChI=1S/C22H24N2O2/c25-21(18-11-5-2-6-12-18)24-20-14-8-7-13-19(20)22(26)23-16-15-17-9-3-1-4-10-17/h2,5-9,11-14H,1,3-4,10,15-16H2,(H,23,26)(H,24,25). The van der Waals surface area contributed by atoms with Crippen LogP contribution in [-0.2, 0) is 0 Å². The highest BCUT2D eigenvalue weighted by atomic mass is 16.2. The molecule has 0 atom stereocenters. The molecule has 3 rings (SSSR count). The summed E-state index contributed by atoms with van der Waals surface area (Å²) in [6.07, 6.45) is 7.99. The molecule has 2 amide bonds. The van der Waals surface area contributed by atoms with Crippen molar-refractivity contribution in [2.75, 3.05) is 11.9 Å². The Labute approximate surface area is 154 Å². The predicted molar refractivity (Wildman–Crippen MR) is 104 cm³/mol. The molecule has 1 aliphatic rings. The largest absolute Gasteiger partial charge is 0.352 e. The Kier molecular flexibility index (Phi) is 6.20. The summed E-state index contributed by atoms with van der Waals surface area (Å²) in [6, 6.07) is 16.1. The smallest absolute Gasteiger partial charge is 0.255 e. The Morgan fingerprint density at radius 1 is 0.885 bits per heavy atom. The Hall–Kier alpha value is -2.88. The SMILES string of the molecule is O=C(Nc1ccccc1C(=O)NCCC1=CCCCC1)c1ccccc1. The van der Waals surface area contributed by atoms with Gasteiger partial charge >= 0.3 is 0 Å². The molecule has 0 saturated heterocycles. The first-order valence-electron chi connectivity index (χ1n) is 9.15. The summed E-state index contributed by atoms with van der Waals surface area (Å²) >= 11 is 0. The van der Waals surface area contributed by atoms with Gasteiger partial charge in [-0.3, -0.25) is 9.59 Å². The van der Waals surface area contributed by atoms with E-state index in [1.54, 1.807) is 30.3 Å². The maximum atomic E-state index is 12.5. The van der Waals surface area contributed by atoms with Gasteiger partial charge in [0.1, 0.15) is 0 Å². The zero-order valence-electron chi connectivity index (χ0n) is 14.8. The first kappa shape index (κ1) is 17.9. The summed E-state index contributed by atoms with van der Waals surface area (Å²) in [7, 11) is 0. The number of carbonyl (C=O) groups is 2. The molecule has 26 heavy (non-hydrogen) atoms. The van der Waals surface area contributed by atoms with Crippen LogP contribution in [0.1, 0.15) is 52.8 Å². The van der Waals surface area contributed by atoms with E-state index in [0.29, 0.717) is 23.4 Å². The van der Waals surface area contributed by atoms with Crippen molar-refractivity contribution in [3.05, 3.63) is 77.4 Å². The van der Waals surface area contributed by atoms with E-state index in [1.165, 1.54) is 18.4 Å². The summed E-state index contributed by atoms with van der Waals surface area (Å²) in [6.45, 7) is 0.617. The second-order valence-corrected chi connectivity index (χ2v) is 6.48. The van der Waals surface area contributed by atoms with Gasteiger partial charge in [-0.15, -0.1) is 0 Å². The summed E-state index contributed by atoms with van der Waals surface area (Å²) in [5.74, 6) is -0.386. The van der Waals surface area contributed by atoms with Crippen molar-refractivity contribution in [3.63, 3.8) is 0 Å². The number of hydrogen-bond acceptors (Lipinski definition) is 2. The van der Waals surface area contributed by atoms with Crippen LogP contribution in [0.2, 0.25) is 0 Å². The fourth-order valence-corrected chi connectivity index (χ4v) is 3.14. The first-order valence-corrected chi connectivity index (χ1v) is 9.15. The minimum absolute atomic E-state index is 0.162. The fourth-order valence-electron chi connectivity index (χ4n) is 3.14. The van der Waals surface area contributed by atoms with Gasteiger partial charge < -0.3 is 10.6 Å². The molecule has 0 bridgehead atoms. The number of rotatable bonds is 6. The minimum atomic E-state index is -0.224. The molecule has 2 aromatic carbocycles. The van der Waals surface area contributed by atoms with Gasteiger partial charge in [-0.05, 0) is 56.4 Å². The lowest BCUT2D eigenvalue weighted by Crippen LogP contribution is -2.26. The topological polar surface area (TPSA) is 58.2 Å². The van der Waals surface area contributed by atoms with Crippen LogP contribution in [-0.4, -0.2) is 18.4 Å². The second-order valence-electron chi connectivity index (χ2n) is 6.48. The number of carbonyl (C=O) groups excluding carboxylic acids is 2. The van der Waals surface area contributed by atoms with E-state index in [0.717, 1.165) is 19.3 Å². The van der Waals surface area contributed by atoms with Crippen LogP contribution < -0.4 is 10.6 Å². The van der Waals surface area contributed by atoms with Crippen molar-refractivity contribution < 1.29 is 9.59 Å². The number of para-hydroxylation sites is 1. The van der Waals surface area contributed by atoms with Crippen LogP contribution in [0.5, 0.6) is 0 Å². The molecule has 0 aliphatic heterocycles. The normalized spacial score (nSPS) is 13.6. The molecular weight excluding hydrogens is 324 g/mol. The van der Waals surface area contributed by atoms with Crippen LogP contribution in [0.25, 0.3) is 0 Å². The molecular formula is C22H24N2O2. The molecule has 4 heteroatoms. The fraction of sp³-hybridized carbons (Fsp3) is 0.273. The van der Waals surface area contributed by atoms with Gasteiger partial charge in [0.05, 0.1) is 11.3 Å². The van der Waals surface area contributed by atoms with Gasteiger partial charge in [0.15, 0.2) is 0 Å². The molecule has 0 aromatic heterocycles. The average Bonchev–Trinajstić information content (AvgIpc) is 2.70. The second kappa shape index (κ2) is 8.99. The average molecular weight is 348 g/mol. The lowest BCUT2D eigenvalue weighted by molar-refractivity contribution is 0.0955. The quantitative estimate of drug-likeness (QED) is 0.752. The Balaban J connectivity index is 1.61. The number of benzene rings is 2. The van der Waals surface area contributed by atoms with Gasteiger partial charge in [-0.1, -0.05) is 42.0 Å². The van der Waals surface area contributed by atoms with Crippen molar-refractivity contribution in [3.8, 4) is 0 Å². The number of amides is 2. The van der Waals surface area contributed by atoms with Crippen LogP contribution in [0.15, 0.2) is 66.2 Å². The Bertz CT molecular complexity index is 797. The van der Waals surface area contributed by atoms with E-state index in [9.17, 15) is 9.59 Å². The zero-order chi connectivity index (χ0) is 18.2. The molecule has 0 unspecified atom stereocenters. The van der Waals surface area contributed by atoms with Crippen LogP contribution >= 0.6 is 0 Å². The predicted octanol–water partition coefficient (Wildman–Crippen LogP) is 4.56. The third kappa shape index (κ3) is 4.82. The van der Waals surface area contributed by atoms with Crippen molar-refractivity contribution in [2.24, 2.45) is 0 Å². The van der Waals surface area contributed by atoms with Crippen molar-refractivity contribution >= 4 is 17.5 Å². The minimum Gasteiger partial charge on any atom is -0.352 e. The molecule has 0 spiro atoms. The van der Waals surface area contributed by atoms with E-state index >= 15 is 0 Å².